The molecule has 3 heterocycles. The third-order valence-corrected chi connectivity index (χ3v) is 8.45. The molecule has 0 saturated carbocycles. The number of rotatable bonds is 4. The Morgan fingerprint density at radius 1 is 0.410 bits per heavy atom. The van der Waals surface area contributed by atoms with Gasteiger partial charge in [-0.15, -0.1) is 0 Å². The summed E-state index contributed by atoms with van der Waals surface area (Å²) in [5, 5.41) is 0. The lowest BCUT2D eigenvalue weighted by molar-refractivity contribution is 0.0757. The number of amides is 6. The third-order valence-electron chi connectivity index (χ3n) is 5.64. The molecule has 0 aromatic heterocycles. The number of fused-ring (bicyclic) bond motifs is 3. The molecule has 0 aliphatic carbocycles. The molecule has 0 atom stereocenters. The second-order valence-corrected chi connectivity index (χ2v) is 10.3. The molecule has 6 rings (SSSR count). The molecule has 3 aromatic carbocycles. The molecule has 12 heteroatoms. The molecule has 0 fully saturated rings. The highest BCUT2D eigenvalue weighted by molar-refractivity contribution is 8.75. The van der Waals surface area contributed by atoms with Gasteiger partial charge in [0.05, 0.1) is 55.3 Å². The Morgan fingerprint density at radius 2 is 0.615 bits per heavy atom. The van der Waals surface area contributed by atoms with Crippen LogP contribution in [0.15, 0.2) is 72.8 Å². The van der Waals surface area contributed by atoms with Crippen molar-refractivity contribution in [3.05, 3.63) is 106 Å². The molecule has 3 aliphatic heterocycles. The number of hydrogen-bond donors (Lipinski definition) is 0. The predicted molar refractivity (Wildman–Crippen MR) is 151 cm³/mol. The van der Waals surface area contributed by atoms with Gasteiger partial charge in [0, 0.05) is 6.26 Å². The topological polar surface area (TPSA) is 112 Å². The van der Waals surface area contributed by atoms with Crippen molar-refractivity contribution < 1.29 is 28.8 Å². The fraction of sp³-hybridized carbons (Fsp3) is 0.111. The van der Waals surface area contributed by atoms with Crippen LogP contribution in [-0.2, 0) is 0 Å². The summed E-state index contributed by atoms with van der Waals surface area (Å²) in [6.07, 6.45) is 1.71. The summed E-state index contributed by atoms with van der Waals surface area (Å²) in [5.74, 6) is -2.25. The average molecular weight is 580 g/mol. The molecule has 0 radical (unpaired) electrons. The molecule has 39 heavy (non-hydrogen) atoms. The maximum atomic E-state index is 12.3. The van der Waals surface area contributed by atoms with Gasteiger partial charge >= 0.3 is 0 Å². The molecule has 0 bridgehead atoms. The van der Waals surface area contributed by atoms with Crippen LogP contribution in [0.25, 0.3) is 0 Å². The largest absolute Gasteiger partial charge is 0.272 e. The molecule has 198 valence electrons. The van der Waals surface area contributed by atoms with Crippen LogP contribution in [-0.4, -0.2) is 54.6 Å². The molecule has 3 aliphatic rings. The van der Waals surface area contributed by atoms with E-state index in [9.17, 15) is 28.8 Å². The standard InChI is InChI=1S/C16H8N2O4S2.C9H7NO2S.C2H6/c19-13-9-5-1-2-6-10(9)14(20)17(13)23-24-18-15(21)11-7-3-4-8-12(11)16(18)22;1-13-10-8(11)6-4-2-3-5-7(6)9(10)12;1-2/h1-8H;2-5H,1H3;1-2H3. The molecule has 0 unspecified atom stereocenters. The van der Waals surface area contributed by atoms with Crippen LogP contribution in [0, 0.1) is 0 Å². The second kappa shape index (κ2) is 11.9. The molecule has 0 spiro atoms. The SMILES string of the molecule is CC.CSN1C(=O)c2ccccc2C1=O.O=C1c2ccccc2C(=O)N1SSN1C(=O)c2ccccc2C1=O. The van der Waals surface area contributed by atoms with E-state index in [4.69, 9.17) is 0 Å². The Kier molecular flexibility index (Phi) is 8.58. The van der Waals surface area contributed by atoms with Gasteiger partial charge in [0.15, 0.2) is 0 Å². The molecule has 3 aromatic rings. The predicted octanol–water partition coefficient (Wildman–Crippen LogP) is 5.38. The van der Waals surface area contributed by atoms with Gasteiger partial charge in [-0.05, 0) is 48.3 Å². The molecule has 6 amide bonds. The van der Waals surface area contributed by atoms with E-state index >= 15 is 0 Å². The van der Waals surface area contributed by atoms with E-state index < -0.39 is 23.6 Å². The fourth-order valence-corrected chi connectivity index (χ4v) is 6.41. The van der Waals surface area contributed by atoms with Gasteiger partial charge < -0.3 is 0 Å². The number of imide groups is 3. The zero-order valence-electron chi connectivity index (χ0n) is 20.9. The van der Waals surface area contributed by atoms with Gasteiger partial charge in [-0.2, -0.15) is 0 Å². The van der Waals surface area contributed by atoms with Gasteiger partial charge in [0.25, 0.3) is 35.4 Å². The van der Waals surface area contributed by atoms with Crippen molar-refractivity contribution in [3.63, 3.8) is 0 Å². The van der Waals surface area contributed by atoms with E-state index in [-0.39, 0.29) is 11.8 Å². The minimum atomic E-state index is -0.454. The fourth-order valence-electron chi connectivity index (χ4n) is 3.87. The number of nitrogens with zero attached hydrogens (tertiary/aromatic N) is 3. The number of hydrogen-bond acceptors (Lipinski definition) is 9. The van der Waals surface area contributed by atoms with Crippen LogP contribution in [0.3, 0.4) is 0 Å². The highest BCUT2D eigenvalue weighted by atomic mass is 33.1. The monoisotopic (exact) mass is 579 g/mol. The van der Waals surface area contributed by atoms with E-state index in [0.29, 0.717) is 33.4 Å². The maximum absolute atomic E-state index is 12.3. The van der Waals surface area contributed by atoms with Crippen molar-refractivity contribution in [2.75, 3.05) is 6.26 Å². The smallest absolute Gasteiger partial charge is 0.268 e. The third kappa shape index (κ3) is 4.98. The summed E-state index contributed by atoms with van der Waals surface area (Å²) < 4.78 is 3.09. The van der Waals surface area contributed by atoms with Crippen LogP contribution in [0.5, 0.6) is 0 Å². The van der Waals surface area contributed by atoms with E-state index in [1.54, 1.807) is 79.1 Å². The Morgan fingerprint density at radius 3 is 0.821 bits per heavy atom. The molecule has 9 nitrogen and oxygen atoms in total. The highest BCUT2D eigenvalue weighted by Crippen LogP contribution is 2.40. The average Bonchev–Trinajstić information content (AvgIpc) is 3.48. The van der Waals surface area contributed by atoms with E-state index in [2.05, 4.69) is 0 Å². The molecule has 0 N–H and O–H groups in total. The molecular formula is C27H21N3O6S3. The van der Waals surface area contributed by atoms with Crippen LogP contribution in [0.1, 0.15) is 76.0 Å². The van der Waals surface area contributed by atoms with Crippen LogP contribution >= 0.6 is 33.9 Å². The summed E-state index contributed by atoms with van der Waals surface area (Å²) in [4.78, 5) is 72.1. The zero-order chi connectivity index (χ0) is 28.3. The van der Waals surface area contributed by atoms with Crippen molar-refractivity contribution in [2.45, 2.75) is 13.8 Å². The number of carbonyl (C=O) groups excluding carboxylic acids is 6. The second-order valence-electron chi connectivity index (χ2n) is 7.68. The highest BCUT2D eigenvalue weighted by Gasteiger charge is 2.41. The van der Waals surface area contributed by atoms with Crippen molar-refractivity contribution in [1.82, 2.24) is 12.9 Å². The van der Waals surface area contributed by atoms with Crippen LogP contribution in [0.2, 0.25) is 0 Å². The first kappa shape index (κ1) is 28.1. The first-order chi connectivity index (χ1) is 18.8. The van der Waals surface area contributed by atoms with Crippen molar-refractivity contribution in [1.29, 1.82) is 0 Å². The van der Waals surface area contributed by atoms with Crippen molar-refractivity contribution in [3.8, 4) is 0 Å². The normalized spacial score (nSPS) is 15.0. The number of benzene rings is 3. The summed E-state index contributed by atoms with van der Waals surface area (Å²) in [6.45, 7) is 4.00. The molecular weight excluding hydrogens is 559 g/mol. The van der Waals surface area contributed by atoms with E-state index in [0.717, 1.165) is 42.5 Å². The van der Waals surface area contributed by atoms with E-state index in [1.165, 1.54) is 4.31 Å². The van der Waals surface area contributed by atoms with Crippen LogP contribution in [0.4, 0.5) is 0 Å². The van der Waals surface area contributed by atoms with Crippen molar-refractivity contribution in [2.24, 2.45) is 0 Å². The Hall–Kier alpha value is -3.87. The van der Waals surface area contributed by atoms with E-state index in [1.807, 2.05) is 13.8 Å². The minimum absolute atomic E-state index is 0.215. The first-order valence-corrected chi connectivity index (χ1v) is 14.9. The summed E-state index contributed by atoms with van der Waals surface area (Å²) in [5.41, 5.74) is 2.27. The lowest BCUT2D eigenvalue weighted by Gasteiger charge is -2.15. The van der Waals surface area contributed by atoms with Crippen LogP contribution < -0.4 is 0 Å². The Bertz CT molecular complexity index is 1350. The van der Waals surface area contributed by atoms with Gasteiger partial charge in [-0.3, -0.25) is 28.8 Å². The first-order valence-electron chi connectivity index (χ1n) is 11.7. The van der Waals surface area contributed by atoms with Crippen molar-refractivity contribution >= 4 is 69.4 Å². The quantitative estimate of drug-likeness (QED) is 0.229. The number of carbonyl (C=O) groups is 6. The zero-order valence-corrected chi connectivity index (χ0v) is 23.4. The summed E-state index contributed by atoms with van der Waals surface area (Å²) in [6, 6.07) is 19.9. The lowest BCUT2D eigenvalue weighted by atomic mass is 10.1. The minimum Gasteiger partial charge on any atom is -0.268 e. The molecule has 0 saturated heterocycles. The lowest BCUT2D eigenvalue weighted by Crippen LogP contribution is -2.25. The summed E-state index contributed by atoms with van der Waals surface area (Å²) >= 11 is 1.14. The van der Waals surface area contributed by atoms with Gasteiger partial charge in [0.2, 0.25) is 0 Å². The van der Waals surface area contributed by atoms with Gasteiger partial charge in [-0.1, -0.05) is 50.2 Å². The Labute approximate surface area is 236 Å². The Balaban J connectivity index is 0.000000199. The van der Waals surface area contributed by atoms with Gasteiger partial charge in [0.1, 0.15) is 0 Å². The maximum Gasteiger partial charge on any atom is 0.272 e. The summed E-state index contributed by atoms with van der Waals surface area (Å²) in [7, 11) is 1.53. The van der Waals surface area contributed by atoms with Gasteiger partial charge in [-0.25, -0.2) is 12.9 Å².